The van der Waals surface area contributed by atoms with E-state index in [2.05, 4.69) is 4.90 Å². The van der Waals surface area contributed by atoms with E-state index in [1.807, 2.05) is 54.6 Å². The van der Waals surface area contributed by atoms with Crippen LogP contribution in [0.25, 0.3) is 0 Å². The Labute approximate surface area is 153 Å². The zero-order valence-corrected chi connectivity index (χ0v) is 15.0. The van der Waals surface area contributed by atoms with Gasteiger partial charge in [-0.3, -0.25) is 0 Å². The summed E-state index contributed by atoms with van der Waals surface area (Å²) in [5.74, 6) is 1.40. The van der Waals surface area contributed by atoms with E-state index in [0.29, 0.717) is 13.1 Å². The number of halogens is 1. The zero-order chi connectivity index (χ0) is 18.4. The lowest BCUT2D eigenvalue weighted by molar-refractivity contribution is 0.414. The summed E-state index contributed by atoms with van der Waals surface area (Å²) >= 11 is 0. The van der Waals surface area contributed by atoms with Crippen LogP contribution < -0.4 is 14.4 Å². The van der Waals surface area contributed by atoms with Crippen LogP contribution in [0.2, 0.25) is 0 Å². The van der Waals surface area contributed by atoms with Crippen LogP contribution in [0.1, 0.15) is 11.1 Å². The minimum Gasteiger partial charge on any atom is -0.497 e. The van der Waals surface area contributed by atoms with Crippen LogP contribution in [0.15, 0.2) is 72.8 Å². The predicted molar refractivity (Wildman–Crippen MR) is 102 cm³/mol. The molecule has 0 aromatic heterocycles. The van der Waals surface area contributed by atoms with Crippen molar-refractivity contribution in [1.82, 2.24) is 0 Å². The molecule has 3 rings (SSSR count). The van der Waals surface area contributed by atoms with Crippen molar-refractivity contribution in [3.8, 4) is 11.5 Å². The third kappa shape index (κ3) is 4.54. The van der Waals surface area contributed by atoms with Gasteiger partial charge < -0.3 is 14.4 Å². The number of hydrogen-bond donors (Lipinski definition) is 0. The molecule has 26 heavy (non-hydrogen) atoms. The van der Waals surface area contributed by atoms with Crippen molar-refractivity contribution in [2.24, 2.45) is 0 Å². The number of hydrogen-bond acceptors (Lipinski definition) is 3. The molecule has 0 fully saturated rings. The maximum atomic E-state index is 13.7. The first-order valence-corrected chi connectivity index (χ1v) is 8.44. The summed E-state index contributed by atoms with van der Waals surface area (Å²) in [5, 5.41) is 0. The highest BCUT2D eigenvalue weighted by atomic mass is 19.1. The molecule has 0 bridgehead atoms. The highest BCUT2D eigenvalue weighted by Crippen LogP contribution is 2.23. The number of benzene rings is 3. The van der Waals surface area contributed by atoms with Gasteiger partial charge in [0.1, 0.15) is 17.3 Å². The Balaban J connectivity index is 1.84. The SMILES string of the molecule is COc1ccc(CN(Cc2ccc(OC)cc2)c2cccc(F)c2)cc1. The molecule has 3 aromatic rings. The van der Waals surface area contributed by atoms with Gasteiger partial charge in [-0.2, -0.15) is 0 Å². The Kier molecular flexibility index (Phi) is 5.74. The van der Waals surface area contributed by atoms with Crippen LogP contribution in [0.5, 0.6) is 11.5 Å². The van der Waals surface area contributed by atoms with Crippen LogP contribution >= 0.6 is 0 Å². The van der Waals surface area contributed by atoms with Gasteiger partial charge in [0.2, 0.25) is 0 Å². The summed E-state index contributed by atoms with van der Waals surface area (Å²) in [5.41, 5.74) is 3.10. The van der Waals surface area contributed by atoms with Crippen molar-refractivity contribution in [3.05, 3.63) is 89.7 Å². The average molecular weight is 351 g/mol. The number of ether oxygens (including phenoxy) is 2. The highest BCUT2D eigenvalue weighted by molar-refractivity contribution is 5.48. The largest absolute Gasteiger partial charge is 0.497 e. The van der Waals surface area contributed by atoms with E-state index in [4.69, 9.17) is 9.47 Å². The molecule has 0 aliphatic carbocycles. The molecule has 4 heteroatoms. The Hall–Kier alpha value is -3.01. The van der Waals surface area contributed by atoms with E-state index in [1.165, 1.54) is 6.07 Å². The standard InChI is InChI=1S/C22H22FNO2/c1-25-21-10-6-17(7-11-21)15-24(20-5-3-4-19(23)14-20)16-18-8-12-22(26-2)13-9-18/h3-14H,15-16H2,1-2H3. The lowest BCUT2D eigenvalue weighted by atomic mass is 10.1. The Morgan fingerprint density at radius 3 is 1.65 bits per heavy atom. The predicted octanol–water partition coefficient (Wildman–Crippen LogP) is 5.05. The minimum absolute atomic E-state index is 0.239. The van der Waals surface area contributed by atoms with E-state index in [1.54, 1.807) is 26.4 Å². The van der Waals surface area contributed by atoms with Gasteiger partial charge in [-0.25, -0.2) is 4.39 Å². The topological polar surface area (TPSA) is 21.7 Å². The molecule has 0 spiro atoms. The quantitative estimate of drug-likeness (QED) is 0.594. The van der Waals surface area contributed by atoms with E-state index in [0.717, 1.165) is 28.3 Å². The fourth-order valence-corrected chi connectivity index (χ4v) is 2.81. The van der Waals surface area contributed by atoms with Gasteiger partial charge in [0.15, 0.2) is 0 Å². The Morgan fingerprint density at radius 1 is 0.731 bits per heavy atom. The summed E-state index contributed by atoms with van der Waals surface area (Å²) in [6.45, 7) is 1.33. The summed E-state index contributed by atoms with van der Waals surface area (Å²) < 4.78 is 24.2. The van der Waals surface area contributed by atoms with Crippen LogP contribution in [0, 0.1) is 5.82 Å². The molecular formula is C22H22FNO2. The van der Waals surface area contributed by atoms with E-state index >= 15 is 0 Å². The second kappa shape index (κ2) is 8.39. The first kappa shape index (κ1) is 17.8. The zero-order valence-electron chi connectivity index (χ0n) is 15.0. The fraction of sp³-hybridized carbons (Fsp3) is 0.182. The first-order chi connectivity index (χ1) is 12.7. The van der Waals surface area contributed by atoms with E-state index < -0.39 is 0 Å². The van der Waals surface area contributed by atoms with Gasteiger partial charge in [0, 0.05) is 18.8 Å². The summed E-state index contributed by atoms with van der Waals surface area (Å²) in [4.78, 5) is 2.15. The monoisotopic (exact) mass is 351 g/mol. The minimum atomic E-state index is -0.239. The lowest BCUT2D eigenvalue weighted by Gasteiger charge is -2.25. The smallest absolute Gasteiger partial charge is 0.125 e. The number of rotatable bonds is 7. The maximum Gasteiger partial charge on any atom is 0.125 e. The Morgan fingerprint density at radius 2 is 1.23 bits per heavy atom. The van der Waals surface area contributed by atoms with Crippen molar-refractivity contribution in [2.75, 3.05) is 19.1 Å². The van der Waals surface area contributed by atoms with Gasteiger partial charge in [-0.15, -0.1) is 0 Å². The second-order valence-corrected chi connectivity index (χ2v) is 6.03. The molecule has 0 N–H and O–H groups in total. The van der Waals surface area contributed by atoms with Gasteiger partial charge in [-0.1, -0.05) is 30.3 Å². The second-order valence-electron chi connectivity index (χ2n) is 6.03. The van der Waals surface area contributed by atoms with E-state index in [-0.39, 0.29) is 5.82 Å². The normalized spacial score (nSPS) is 10.4. The Bertz CT molecular complexity index is 782. The number of nitrogens with zero attached hydrogens (tertiary/aromatic N) is 1. The summed E-state index contributed by atoms with van der Waals surface area (Å²) in [6.07, 6.45) is 0. The molecule has 0 heterocycles. The first-order valence-electron chi connectivity index (χ1n) is 8.44. The fourth-order valence-electron chi connectivity index (χ4n) is 2.81. The van der Waals surface area contributed by atoms with Gasteiger partial charge in [-0.05, 0) is 53.6 Å². The molecule has 0 unspecified atom stereocenters. The molecule has 3 nitrogen and oxygen atoms in total. The molecule has 0 saturated carbocycles. The van der Waals surface area contributed by atoms with Crippen molar-refractivity contribution in [2.45, 2.75) is 13.1 Å². The molecule has 3 aromatic carbocycles. The van der Waals surface area contributed by atoms with Crippen LogP contribution in [0.3, 0.4) is 0 Å². The molecule has 0 aliphatic rings. The van der Waals surface area contributed by atoms with Crippen LogP contribution in [-0.4, -0.2) is 14.2 Å². The molecule has 0 aliphatic heterocycles. The van der Waals surface area contributed by atoms with Gasteiger partial charge in [0.05, 0.1) is 14.2 Å². The van der Waals surface area contributed by atoms with Gasteiger partial charge >= 0.3 is 0 Å². The maximum absolute atomic E-state index is 13.7. The lowest BCUT2D eigenvalue weighted by Crippen LogP contribution is -2.22. The van der Waals surface area contributed by atoms with Crippen LogP contribution in [0.4, 0.5) is 10.1 Å². The van der Waals surface area contributed by atoms with Crippen LogP contribution in [-0.2, 0) is 13.1 Å². The summed E-state index contributed by atoms with van der Waals surface area (Å²) in [7, 11) is 3.30. The third-order valence-electron chi connectivity index (χ3n) is 4.24. The highest BCUT2D eigenvalue weighted by Gasteiger charge is 2.10. The molecule has 134 valence electrons. The third-order valence-corrected chi connectivity index (χ3v) is 4.24. The van der Waals surface area contributed by atoms with Crippen molar-refractivity contribution in [3.63, 3.8) is 0 Å². The molecule has 0 amide bonds. The molecular weight excluding hydrogens is 329 g/mol. The molecule has 0 saturated heterocycles. The average Bonchev–Trinajstić information content (AvgIpc) is 2.68. The number of anilines is 1. The molecule has 0 radical (unpaired) electrons. The van der Waals surface area contributed by atoms with Crippen molar-refractivity contribution in [1.29, 1.82) is 0 Å². The van der Waals surface area contributed by atoms with Gasteiger partial charge in [0.25, 0.3) is 0 Å². The van der Waals surface area contributed by atoms with Crippen molar-refractivity contribution < 1.29 is 13.9 Å². The van der Waals surface area contributed by atoms with E-state index in [9.17, 15) is 4.39 Å². The van der Waals surface area contributed by atoms with Crippen molar-refractivity contribution >= 4 is 5.69 Å². The summed E-state index contributed by atoms with van der Waals surface area (Å²) in [6, 6.07) is 22.5. The molecule has 0 atom stereocenters. The number of methoxy groups -OCH3 is 2.